The van der Waals surface area contributed by atoms with Crippen molar-refractivity contribution in [2.45, 2.75) is 25.9 Å². The monoisotopic (exact) mass is 493 g/mol. The van der Waals surface area contributed by atoms with Crippen molar-refractivity contribution in [2.75, 3.05) is 11.9 Å². The van der Waals surface area contributed by atoms with Gasteiger partial charge in [-0.3, -0.25) is 24.6 Å². The van der Waals surface area contributed by atoms with Crippen molar-refractivity contribution in [1.82, 2.24) is 4.90 Å². The maximum Gasteiger partial charge on any atom is 0.408 e. The number of rotatable bonds is 8. The summed E-state index contributed by atoms with van der Waals surface area (Å²) in [6, 6.07) is 17.2. The Bertz CT molecular complexity index is 1330. The average molecular weight is 493 g/mol. The predicted octanol–water partition coefficient (Wildman–Crippen LogP) is 4.89. The first-order valence-corrected chi connectivity index (χ1v) is 10.9. The largest absolute Gasteiger partial charge is 0.465 e. The molecule has 0 saturated heterocycles. The lowest BCUT2D eigenvalue weighted by atomic mass is 9.96. The Labute approximate surface area is 206 Å². The van der Waals surface area contributed by atoms with Gasteiger partial charge in [-0.25, -0.2) is 9.18 Å². The normalized spacial score (nSPS) is 11.0. The van der Waals surface area contributed by atoms with Gasteiger partial charge in [-0.15, -0.1) is 0 Å². The minimum atomic E-state index is -1.60. The molecule has 0 saturated carbocycles. The number of hydrogen-bond acceptors (Lipinski definition) is 5. The van der Waals surface area contributed by atoms with Crippen LogP contribution in [0.4, 0.5) is 20.6 Å². The van der Waals surface area contributed by atoms with Crippen molar-refractivity contribution in [2.24, 2.45) is 0 Å². The number of halogens is 1. The molecule has 9 nitrogen and oxygen atoms in total. The molecule has 186 valence electrons. The van der Waals surface area contributed by atoms with E-state index < -0.39 is 39.8 Å². The third-order valence-corrected chi connectivity index (χ3v) is 5.83. The maximum atomic E-state index is 14.4. The Kier molecular flexibility index (Phi) is 7.47. The number of carbonyl (C=O) groups excluding carboxylic acids is 2. The van der Waals surface area contributed by atoms with E-state index in [0.29, 0.717) is 5.56 Å². The van der Waals surface area contributed by atoms with Gasteiger partial charge in [-0.2, -0.15) is 0 Å². The molecule has 0 atom stereocenters. The molecule has 3 aromatic carbocycles. The molecule has 0 aliphatic heterocycles. The highest BCUT2D eigenvalue weighted by Gasteiger charge is 2.41. The number of amides is 2. The molecule has 0 aliphatic carbocycles. The number of benzene rings is 3. The molecule has 36 heavy (non-hydrogen) atoms. The first-order valence-electron chi connectivity index (χ1n) is 10.9. The fourth-order valence-corrected chi connectivity index (χ4v) is 3.81. The number of nitro groups is 1. The Morgan fingerprint density at radius 3 is 2.17 bits per heavy atom. The zero-order valence-electron chi connectivity index (χ0n) is 19.8. The molecule has 0 bridgehead atoms. The number of likely N-dealkylation sites (N-methyl/N-ethyl adjacent to an activating group) is 1. The van der Waals surface area contributed by atoms with E-state index in [-0.39, 0.29) is 23.4 Å². The molecule has 0 unspecified atom stereocenters. The summed E-state index contributed by atoms with van der Waals surface area (Å²) in [6.07, 6.45) is -1.34. The van der Waals surface area contributed by atoms with Gasteiger partial charge in [0, 0.05) is 19.2 Å². The van der Waals surface area contributed by atoms with Crippen LogP contribution in [0.1, 0.15) is 35.3 Å². The van der Waals surface area contributed by atoms with Crippen LogP contribution in [-0.2, 0) is 11.3 Å². The fourth-order valence-electron chi connectivity index (χ4n) is 3.81. The number of ketones is 1. The van der Waals surface area contributed by atoms with Gasteiger partial charge in [0.1, 0.15) is 11.4 Å². The Morgan fingerprint density at radius 2 is 1.58 bits per heavy atom. The van der Waals surface area contributed by atoms with E-state index in [2.05, 4.69) is 0 Å². The second kappa shape index (κ2) is 10.3. The summed E-state index contributed by atoms with van der Waals surface area (Å²) in [4.78, 5) is 51.6. The molecule has 3 aromatic rings. The Hall–Kier alpha value is -4.60. The molecule has 0 heterocycles. The highest BCUT2D eigenvalue weighted by Crippen LogP contribution is 2.31. The van der Waals surface area contributed by atoms with Gasteiger partial charge in [-0.05, 0) is 37.6 Å². The van der Waals surface area contributed by atoms with Gasteiger partial charge in [0.15, 0.2) is 5.78 Å². The van der Waals surface area contributed by atoms with Crippen LogP contribution in [0.3, 0.4) is 0 Å². The number of nitro benzene ring substituents is 1. The Balaban J connectivity index is 2.05. The van der Waals surface area contributed by atoms with Crippen LogP contribution in [-0.4, -0.2) is 45.3 Å². The zero-order chi connectivity index (χ0) is 26.6. The third-order valence-electron chi connectivity index (χ3n) is 5.83. The quantitative estimate of drug-likeness (QED) is 0.271. The average Bonchev–Trinajstić information content (AvgIpc) is 2.86. The first kappa shape index (κ1) is 26.0. The Morgan fingerprint density at radius 1 is 0.972 bits per heavy atom. The topological polar surface area (TPSA) is 121 Å². The second-order valence-electron chi connectivity index (χ2n) is 8.55. The minimum Gasteiger partial charge on any atom is -0.465 e. The van der Waals surface area contributed by atoms with Crippen molar-refractivity contribution in [3.8, 4) is 0 Å². The number of carbonyl (C=O) groups is 3. The highest BCUT2D eigenvalue weighted by atomic mass is 19.1. The van der Waals surface area contributed by atoms with Crippen molar-refractivity contribution in [1.29, 1.82) is 0 Å². The van der Waals surface area contributed by atoms with Gasteiger partial charge in [-0.1, -0.05) is 42.5 Å². The van der Waals surface area contributed by atoms with Crippen LogP contribution in [0, 0.1) is 15.9 Å². The van der Waals surface area contributed by atoms with Crippen molar-refractivity contribution in [3.05, 3.63) is 105 Å². The molecule has 1 N–H and O–H groups in total. The van der Waals surface area contributed by atoms with E-state index in [4.69, 9.17) is 0 Å². The molecular weight excluding hydrogens is 469 g/mol. The van der Waals surface area contributed by atoms with Crippen molar-refractivity contribution < 1.29 is 28.8 Å². The van der Waals surface area contributed by atoms with Crippen LogP contribution in [0.25, 0.3) is 0 Å². The van der Waals surface area contributed by atoms with E-state index >= 15 is 0 Å². The van der Waals surface area contributed by atoms with Crippen molar-refractivity contribution in [3.63, 3.8) is 0 Å². The summed E-state index contributed by atoms with van der Waals surface area (Å²) in [5.41, 5.74) is -1.99. The predicted molar refractivity (Wildman–Crippen MR) is 130 cm³/mol. The summed E-state index contributed by atoms with van der Waals surface area (Å²) >= 11 is 0. The number of hydrogen-bond donors (Lipinski definition) is 1. The lowest BCUT2D eigenvalue weighted by molar-refractivity contribution is -0.384. The molecule has 0 aromatic heterocycles. The lowest BCUT2D eigenvalue weighted by Gasteiger charge is -2.38. The van der Waals surface area contributed by atoms with Crippen molar-refractivity contribution >= 4 is 29.2 Å². The summed E-state index contributed by atoms with van der Waals surface area (Å²) < 4.78 is 14.4. The van der Waals surface area contributed by atoms with Crippen LogP contribution in [0.2, 0.25) is 0 Å². The number of carboxylic acid groups (broad SMARTS) is 1. The van der Waals surface area contributed by atoms with E-state index in [1.165, 1.54) is 45.2 Å². The van der Waals surface area contributed by atoms with Gasteiger partial charge < -0.3 is 10.0 Å². The number of non-ortho nitro benzene ring substituents is 1. The number of nitrogens with zero attached hydrogens (tertiary/aromatic N) is 3. The van der Waals surface area contributed by atoms with Crippen LogP contribution >= 0.6 is 0 Å². The van der Waals surface area contributed by atoms with Gasteiger partial charge in [0.05, 0.1) is 28.3 Å². The van der Waals surface area contributed by atoms with Gasteiger partial charge in [0.2, 0.25) is 0 Å². The first-order chi connectivity index (χ1) is 16.9. The third kappa shape index (κ3) is 5.22. The summed E-state index contributed by atoms with van der Waals surface area (Å²) in [7, 11) is 1.33. The van der Waals surface area contributed by atoms with E-state index in [9.17, 15) is 34.0 Å². The zero-order valence-corrected chi connectivity index (χ0v) is 19.8. The molecule has 3 rings (SSSR count). The molecule has 0 radical (unpaired) electrons. The molecule has 0 spiro atoms. The molecule has 0 aliphatic rings. The standard InChI is InChI=1S/C26H24FN3O6/c1-26(2,29(25(33)34)16-17-9-5-4-6-10-17)24(32)28(3)22-14-13-18(30(35)36)15-20(22)23(31)19-11-7-8-12-21(19)27/h4-15H,16H2,1-3H3,(H,33,34). The molecule has 0 fully saturated rings. The fraction of sp³-hybridized carbons (Fsp3) is 0.192. The van der Waals surface area contributed by atoms with Gasteiger partial charge >= 0.3 is 6.09 Å². The highest BCUT2D eigenvalue weighted by molar-refractivity contribution is 6.15. The molecular formula is C26H24FN3O6. The lowest BCUT2D eigenvalue weighted by Crippen LogP contribution is -2.57. The van der Waals surface area contributed by atoms with Crippen LogP contribution in [0.5, 0.6) is 0 Å². The minimum absolute atomic E-state index is 0.0306. The van der Waals surface area contributed by atoms with E-state index in [1.807, 2.05) is 0 Å². The van der Waals surface area contributed by atoms with E-state index in [1.54, 1.807) is 30.3 Å². The summed E-state index contributed by atoms with van der Waals surface area (Å²) in [5, 5.41) is 21.2. The molecule has 2 amide bonds. The van der Waals surface area contributed by atoms with E-state index in [0.717, 1.165) is 28.0 Å². The van der Waals surface area contributed by atoms with Crippen LogP contribution in [0.15, 0.2) is 72.8 Å². The second-order valence-corrected chi connectivity index (χ2v) is 8.55. The number of anilines is 1. The summed E-state index contributed by atoms with van der Waals surface area (Å²) in [6.45, 7) is 2.77. The smallest absolute Gasteiger partial charge is 0.408 e. The SMILES string of the molecule is CN(C(=O)C(C)(C)N(Cc1ccccc1)C(=O)O)c1ccc([N+](=O)[O-])cc1C(=O)c1ccccc1F. The van der Waals surface area contributed by atoms with Gasteiger partial charge in [0.25, 0.3) is 11.6 Å². The summed E-state index contributed by atoms with van der Waals surface area (Å²) in [5.74, 6) is -2.38. The maximum absolute atomic E-state index is 14.4. The molecule has 10 heteroatoms. The van der Waals surface area contributed by atoms with Crippen LogP contribution < -0.4 is 4.90 Å².